The SMILES string of the molecule is COC(=O)c1cccc(NC(=O)c2ccccc2[N+](=O)[O-])c1C. The molecule has 0 unspecified atom stereocenters. The fourth-order valence-corrected chi connectivity index (χ4v) is 2.12. The highest BCUT2D eigenvalue weighted by atomic mass is 16.6. The average Bonchev–Trinajstić information content (AvgIpc) is 2.56. The van der Waals surface area contributed by atoms with E-state index in [0.29, 0.717) is 16.8 Å². The van der Waals surface area contributed by atoms with Crippen molar-refractivity contribution in [2.24, 2.45) is 0 Å². The molecule has 118 valence electrons. The number of nitrogens with one attached hydrogen (secondary N) is 1. The number of nitro benzene ring substituents is 1. The number of ether oxygens (including phenoxy) is 1. The number of carbonyl (C=O) groups is 2. The Morgan fingerprint density at radius 2 is 1.74 bits per heavy atom. The lowest BCUT2D eigenvalue weighted by atomic mass is 10.1. The average molecular weight is 314 g/mol. The highest BCUT2D eigenvalue weighted by Gasteiger charge is 2.20. The lowest BCUT2D eigenvalue weighted by Crippen LogP contribution is -2.15. The number of hydrogen-bond acceptors (Lipinski definition) is 5. The van der Waals surface area contributed by atoms with Gasteiger partial charge in [-0.3, -0.25) is 14.9 Å². The number of nitrogens with zero attached hydrogens (tertiary/aromatic N) is 1. The Kier molecular flexibility index (Phi) is 4.70. The molecule has 0 atom stereocenters. The smallest absolute Gasteiger partial charge is 0.338 e. The Morgan fingerprint density at radius 3 is 2.39 bits per heavy atom. The maximum Gasteiger partial charge on any atom is 0.338 e. The molecular formula is C16H14N2O5. The Morgan fingerprint density at radius 1 is 1.09 bits per heavy atom. The highest BCUT2D eigenvalue weighted by molar-refractivity contribution is 6.08. The van der Waals surface area contributed by atoms with Crippen LogP contribution < -0.4 is 5.32 Å². The summed E-state index contributed by atoms with van der Waals surface area (Å²) < 4.78 is 4.67. The van der Waals surface area contributed by atoms with Crippen LogP contribution in [0.1, 0.15) is 26.3 Å². The van der Waals surface area contributed by atoms with Crippen LogP contribution in [0, 0.1) is 17.0 Å². The standard InChI is InChI=1S/C16H14N2O5/c1-10-11(16(20)23-2)7-5-8-13(10)17-15(19)12-6-3-4-9-14(12)18(21)22/h3-9H,1-2H3,(H,17,19). The largest absolute Gasteiger partial charge is 0.465 e. The summed E-state index contributed by atoms with van der Waals surface area (Å²) in [7, 11) is 1.26. The van der Waals surface area contributed by atoms with Crippen LogP contribution in [0.25, 0.3) is 0 Å². The monoisotopic (exact) mass is 314 g/mol. The van der Waals surface area contributed by atoms with Gasteiger partial charge in [-0.2, -0.15) is 0 Å². The van der Waals surface area contributed by atoms with Crippen LogP contribution in [0.15, 0.2) is 42.5 Å². The van der Waals surface area contributed by atoms with Crippen molar-refractivity contribution in [3.05, 3.63) is 69.3 Å². The van der Waals surface area contributed by atoms with E-state index in [0.717, 1.165) is 0 Å². The third kappa shape index (κ3) is 3.34. The highest BCUT2D eigenvalue weighted by Crippen LogP contribution is 2.23. The van der Waals surface area contributed by atoms with Crippen LogP contribution in [0.4, 0.5) is 11.4 Å². The number of carbonyl (C=O) groups excluding carboxylic acids is 2. The number of benzene rings is 2. The molecule has 0 aliphatic heterocycles. The van der Waals surface area contributed by atoms with Gasteiger partial charge < -0.3 is 10.1 Å². The molecule has 0 aromatic heterocycles. The molecule has 0 saturated heterocycles. The first-order chi connectivity index (χ1) is 11.0. The minimum absolute atomic E-state index is 0.0552. The molecule has 0 saturated carbocycles. The van der Waals surface area contributed by atoms with Crippen molar-refractivity contribution in [1.82, 2.24) is 0 Å². The van der Waals surface area contributed by atoms with Crippen molar-refractivity contribution in [3.63, 3.8) is 0 Å². The summed E-state index contributed by atoms with van der Waals surface area (Å²) in [5, 5.41) is 13.6. The molecule has 0 spiro atoms. The first-order valence-corrected chi connectivity index (χ1v) is 6.68. The zero-order valence-corrected chi connectivity index (χ0v) is 12.5. The lowest BCUT2D eigenvalue weighted by molar-refractivity contribution is -0.385. The second-order valence-electron chi connectivity index (χ2n) is 4.70. The van der Waals surface area contributed by atoms with Crippen molar-refractivity contribution >= 4 is 23.3 Å². The summed E-state index contributed by atoms with van der Waals surface area (Å²) in [5.41, 5.74) is 0.877. The summed E-state index contributed by atoms with van der Waals surface area (Å²) in [5.74, 6) is -1.15. The van der Waals surface area contributed by atoms with Gasteiger partial charge in [-0.15, -0.1) is 0 Å². The number of anilines is 1. The van der Waals surface area contributed by atoms with E-state index in [9.17, 15) is 19.7 Å². The zero-order valence-electron chi connectivity index (χ0n) is 12.5. The Balaban J connectivity index is 2.35. The van der Waals surface area contributed by atoms with Gasteiger partial charge in [0.1, 0.15) is 5.56 Å². The van der Waals surface area contributed by atoms with Crippen LogP contribution in [0.2, 0.25) is 0 Å². The number of rotatable bonds is 4. The number of nitro groups is 1. The molecule has 2 aromatic rings. The summed E-state index contributed by atoms with van der Waals surface area (Å²) in [6.07, 6.45) is 0. The summed E-state index contributed by atoms with van der Waals surface area (Å²) >= 11 is 0. The first-order valence-electron chi connectivity index (χ1n) is 6.68. The van der Waals surface area contributed by atoms with E-state index in [4.69, 9.17) is 0 Å². The second kappa shape index (κ2) is 6.69. The molecule has 23 heavy (non-hydrogen) atoms. The van der Waals surface area contributed by atoms with Crippen LogP contribution in [-0.4, -0.2) is 23.9 Å². The van der Waals surface area contributed by atoms with Crippen molar-refractivity contribution < 1.29 is 19.2 Å². The van der Waals surface area contributed by atoms with Gasteiger partial charge in [0, 0.05) is 11.8 Å². The first kappa shape index (κ1) is 16.2. The van der Waals surface area contributed by atoms with Gasteiger partial charge in [0.2, 0.25) is 0 Å². The van der Waals surface area contributed by atoms with Gasteiger partial charge in [0.15, 0.2) is 0 Å². The second-order valence-corrected chi connectivity index (χ2v) is 4.70. The fraction of sp³-hybridized carbons (Fsp3) is 0.125. The summed E-state index contributed by atoms with van der Waals surface area (Å²) in [6.45, 7) is 1.65. The molecule has 0 aliphatic carbocycles. The van der Waals surface area contributed by atoms with Crippen LogP contribution >= 0.6 is 0 Å². The van der Waals surface area contributed by atoms with Gasteiger partial charge >= 0.3 is 5.97 Å². The van der Waals surface area contributed by atoms with Gasteiger partial charge in [0.25, 0.3) is 11.6 Å². The Labute approximate surface area is 132 Å². The summed E-state index contributed by atoms with van der Waals surface area (Å²) in [6, 6.07) is 10.4. The normalized spacial score (nSPS) is 10.0. The maximum atomic E-state index is 12.3. The van der Waals surface area contributed by atoms with Crippen LogP contribution in [0.3, 0.4) is 0 Å². The number of methoxy groups -OCH3 is 1. The molecule has 0 heterocycles. The number of para-hydroxylation sites is 1. The molecule has 0 bridgehead atoms. The van der Waals surface area contributed by atoms with Gasteiger partial charge in [-0.05, 0) is 30.7 Å². The van der Waals surface area contributed by atoms with Crippen molar-refractivity contribution in [3.8, 4) is 0 Å². The van der Waals surface area contributed by atoms with E-state index in [1.165, 1.54) is 25.3 Å². The molecule has 7 nitrogen and oxygen atoms in total. The van der Waals surface area contributed by atoms with E-state index >= 15 is 0 Å². The molecule has 0 aliphatic rings. The molecule has 2 rings (SSSR count). The lowest BCUT2D eigenvalue weighted by Gasteiger charge is -2.11. The van der Waals surface area contributed by atoms with Crippen molar-refractivity contribution in [2.75, 3.05) is 12.4 Å². The van der Waals surface area contributed by atoms with Crippen molar-refractivity contribution in [2.45, 2.75) is 6.92 Å². The third-order valence-corrected chi connectivity index (χ3v) is 3.33. The quantitative estimate of drug-likeness (QED) is 0.531. The molecule has 0 fully saturated rings. The molecule has 2 aromatic carbocycles. The van der Waals surface area contributed by atoms with Gasteiger partial charge in [0.05, 0.1) is 17.6 Å². The minimum atomic E-state index is -0.623. The molecule has 0 radical (unpaired) electrons. The molecule has 7 heteroatoms. The number of amides is 1. The predicted molar refractivity (Wildman–Crippen MR) is 83.6 cm³/mol. The Bertz CT molecular complexity index is 786. The third-order valence-electron chi connectivity index (χ3n) is 3.33. The zero-order chi connectivity index (χ0) is 17.0. The van der Waals surface area contributed by atoms with Gasteiger partial charge in [-0.1, -0.05) is 18.2 Å². The molecular weight excluding hydrogens is 300 g/mol. The predicted octanol–water partition coefficient (Wildman–Crippen LogP) is 2.94. The minimum Gasteiger partial charge on any atom is -0.465 e. The van der Waals surface area contributed by atoms with E-state index in [2.05, 4.69) is 10.1 Å². The summed E-state index contributed by atoms with van der Waals surface area (Å²) in [4.78, 5) is 34.3. The van der Waals surface area contributed by atoms with E-state index < -0.39 is 16.8 Å². The maximum absolute atomic E-state index is 12.3. The fourth-order valence-electron chi connectivity index (χ4n) is 2.12. The van der Waals surface area contributed by atoms with E-state index in [1.54, 1.807) is 31.2 Å². The topological polar surface area (TPSA) is 98.5 Å². The number of esters is 1. The van der Waals surface area contributed by atoms with E-state index in [-0.39, 0.29) is 11.3 Å². The van der Waals surface area contributed by atoms with Crippen molar-refractivity contribution in [1.29, 1.82) is 0 Å². The van der Waals surface area contributed by atoms with E-state index in [1.807, 2.05) is 0 Å². The van der Waals surface area contributed by atoms with Crippen LogP contribution in [-0.2, 0) is 4.74 Å². The molecule has 1 N–H and O–H groups in total. The number of hydrogen-bond donors (Lipinski definition) is 1. The Hall–Kier alpha value is -3.22. The van der Waals surface area contributed by atoms with Gasteiger partial charge in [-0.25, -0.2) is 4.79 Å². The van der Waals surface area contributed by atoms with Crippen LogP contribution in [0.5, 0.6) is 0 Å². The molecule has 1 amide bonds.